The van der Waals surface area contributed by atoms with Gasteiger partial charge < -0.3 is 35.5 Å². The van der Waals surface area contributed by atoms with Gasteiger partial charge in [0.15, 0.2) is 0 Å². The minimum Gasteiger partial charge on any atom is -0.444 e. The lowest BCUT2D eigenvalue weighted by atomic mass is 9.98. The van der Waals surface area contributed by atoms with E-state index in [1.807, 2.05) is 58.0 Å². The van der Waals surface area contributed by atoms with Gasteiger partial charge in [-0.3, -0.25) is 9.59 Å². The van der Waals surface area contributed by atoms with E-state index in [1.54, 1.807) is 27.0 Å². The van der Waals surface area contributed by atoms with Gasteiger partial charge in [-0.15, -0.1) is 0 Å². The minimum absolute atomic E-state index is 0.0758. The molecule has 0 aliphatic carbocycles. The number of aliphatic hydroxyl groups is 1. The van der Waals surface area contributed by atoms with Crippen LogP contribution in [-0.2, 0) is 31.9 Å². The Bertz CT molecular complexity index is 1080. The maximum atomic E-state index is 13.7. The van der Waals surface area contributed by atoms with Gasteiger partial charge in [-0.1, -0.05) is 58.0 Å². The van der Waals surface area contributed by atoms with Gasteiger partial charge in [0, 0.05) is 31.3 Å². The number of hydrogen-bond acceptors (Lipinski definition) is 7. The summed E-state index contributed by atoms with van der Waals surface area (Å²) >= 11 is 0. The molecule has 5 N–H and O–H groups in total. The van der Waals surface area contributed by atoms with Gasteiger partial charge in [0.25, 0.3) is 0 Å². The topological polar surface area (TPSA) is 155 Å². The minimum atomic E-state index is -1.02. The van der Waals surface area contributed by atoms with E-state index in [4.69, 9.17) is 9.47 Å². The number of nitrogens with zero attached hydrogens (tertiary/aromatic N) is 1. The number of nitrogens with one attached hydrogen (secondary N) is 4. The first kappa shape index (κ1) is 34.8. The van der Waals surface area contributed by atoms with Gasteiger partial charge >= 0.3 is 6.09 Å². The molecule has 42 heavy (non-hydrogen) atoms. The molecule has 0 aliphatic rings. The van der Waals surface area contributed by atoms with Crippen molar-refractivity contribution in [2.75, 3.05) is 13.2 Å². The number of aliphatic hydroxyl groups excluding tert-OH is 1. The van der Waals surface area contributed by atoms with Gasteiger partial charge in [0.05, 0.1) is 25.1 Å². The summed E-state index contributed by atoms with van der Waals surface area (Å²) in [7, 11) is 0. The number of hydrogen-bond donors (Lipinski definition) is 5. The first-order valence-electron chi connectivity index (χ1n) is 14.6. The summed E-state index contributed by atoms with van der Waals surface area (Å²) in [6.07, 6.45) is 2.22. The van der Waals surface area contributed by atoms with Gasteiger partial charge in [0.1, 0.15) is 17.7 Å². The highest BCUT2D eigenvalue weighted by atomic mass is 16.6. The van der Waals surface area contributed by atoms with Crippen LogP contribution in [0, 0.1) is 11.8 Å². The van der Waals surface area contributed by atoms with Crippen LogP contribution in [0.4, 0.5) is 4.79 Å². The molecule has 0 unspecified atom stereocenters. The Balaban J connectivity index is 2.25. The third-order valence-electron chi connectivity index (χ3n) is 6.16. The zero-order valence-electron chi connectivity index (χ0n) is 26.0. The molecule has 3 amide bonds. The summed E-state index contributed by atoms with van der Waals surface area (Å²) in [6.45, 7) is 13.8. The molecule has 0 bridgehead atoms. The van der Waals surface area contributed by atoms with Gasteiger partial charge in [-0.2, -0.15) is 0 Å². The normalized spacial score (nSPS) is 14.6. The third-order valence-corrected chi connectivity index (χ3v) is 6.16. The van der Waals surface area contributed by atoms with Crippen molar-refractivity contribution in [3.05, 3.63) is 54.1 Å². The van der Waals surface area contributed by atoms with Crippen LogP contribution in [0.15, 0.2) is 42.9 Å². The zero-order valence-corrected chi connectivity index (χ0v) is 26.0. The van der Waals surface area contributed by atoms with Crippen LogP contribution in [0.2, 0.25) is 0 Å². The van der Waals surface area contributed by atoms with Crippen LogP contribution in [0.3, 0.4) is 0 Å². The number of ether oxygens (including phenoxy) is 2. The average Bonchev–Trinajstić information content (AvgIpc) is 3.39. The molecule has 0 saturated heterocycles. The highest BCUT2D eigenvalue weighted by molar-refractivity contribution is 5.91. The fourth-order valence-corrected chi connectivity index (χ4v) is 4.25. The first-order valence-corrected chi connectivity index (χ1v) is 14.6. The van der Waals surface area contributed by atoms with Crippen molar-refractivity contribution in [3.63, 3.8) is 0 Å². The molecule has 2 aromatic rings. The highest BCUT2D eigenvalue weighted by Gasteiger charge is 2.31. The van der Waals surface area contributed by atoms with Crippen LogP contribution >= 0.6 is 0 Å². The fourth-order valence-electron chi connectivity index (χ4n) is 4.25. The molecule has 234 valence electrons. The molecular weight excluding hydrogens is 538 g/mol. The number of benzene rings is 1. The van der Waals surface area contributed by atoms with Crippen molar-refractivity contribution in [1.29, 1.82) is 0 Å². The van der Waals surface area contributed by atoms with E-state index in [9.17, 15) is 19.5 Å². The Morgan fingerprint density at radius 1 is 0.905 bits per heavy atom. The second-order valence-electron chi connectivity index (χ2n) is 12.5. The first-order chi connectivity index (χ1) is 19.7. The Hall–Kier alpha value is -3.44. The molecule has 0 fully saturated rings. The van der Waals surface area contributed by atoms with E-state index in [0.717, 1.165) is 5.56 Å². The van der Waals surface area contributed by atoms with Gasteiger partial charge in [-0.25, -0.2) is 9.78 Å². The van der Waals surface area contributed by atoms with Crippen molar-refractivity contribution >= 4 is 17.9 Å². The molecule has 2 rings (SSSR count). The number of H-pyrrole nitrogens is 1. The predicted molar refractivity (Wildman–Crippen MR) is 161 cm³/mol. The van der Waals surface area contributed by atoms with E-state index in [2.05, 4.69) is 25.9 Å². The molecule has 11 heteroatoms. The number of alkyl carbamates (subject to hydrolysis) is 1. The van der Waals surface area contributed by atoms with Gasteiger partial charge in [-0.05, 0) is 44.6 Å². The van der Waals surface area contributed by atoms with E-state index in [0.29, 0.717) is 24.6 Å². The Morgan fingerprint density at radius 3 is 2.12 bits per heavy atom. The summed E-state index contributed by atoms with van der Waals surface area (Å²) in [5, 5.41) is 19.3. The Kier molecular flexibility index (Phi) is 14.0. The summed E-state index contributed by atoms with van der Waals surface area (Å²) in [6, 6.07) is 6.63. The Labute approximate surface area is 249 Å². The van der Waals surface area contributed by atoms with E-state index in [-0.39, 0.29) is 25.4 Å². The lowest BCUT2D eigenvalue weighted by Crippen LogP contribution is -2.58. The van der Waals surface area contributed by atoms with Crippen LogP contribution < -0.4 is 16.0 Å². The molecule has 11 nitrogen and oxygen atoms in total. The average molecular weight is 588 g/mol. The van der Waals surface area contributed by atoms with Crippen LogP contribution in [0.5, 0.6) is 0 Å². The number of rotatable bonds is 16. The number of carbonyl (C=O) groups excluding carboxylic acids is 3. The predicted octanol–water partition coefficient (Wildman–Crippen LogP) is 3.14. The summed E-state index contributed by atoms with van der Waals surface area (Å²) in [5.74, 6) is -0.528. The molecule has 1 aromatic carbocycles. The van der Waals surface area contributed by atoms with Crippen LogP contribution in [0.1, 0.15) is 66.1 Å². The van der Waals surface area contributed by atoms with E-state index < -0.39 is 47.7 Å². The number of aromatic amines is 1. The molecule has 0 spiro atoms. The zero-order chi connectivity index (χ0) is 31.3. The van der Waals surface area contributed by atoms with Crippen LogP contribution in [-0.4, -0.2) is 76.0 Å². The van der Waals surface area contributed by atoms with E-state index in [1.165, 1.54) is 6.33 Å². The quantitative estimate of drug-likeness (QED) is 0.202. The molecule has 4 atom stereocenters. The van der Waals surface area contributed by atoms with Crippen molar-refractivity contribution in [3.8, 4) is 0 Å². The lowest BCUT2D eigenvalue weighted by Gasteiger charge is -2.29. The lowest BCUT2D eigenvalue weighted by molar-refractivity contribution is -0.131. The molecule has 1 aromatic heterocycles. The molecule has 0 saturated carbocycles. The monoisotopic (exact) mass is 587 g/mol. The number of aromatic nitrogens is 2. The Morgan fingerprint density at radius 2 is 1.55 bits per heavy atom. The number of amides is 3. The molecule has 0 radical (unpaired) electrons. The SMILES string of the molecule is CC(C)COC[C@@H](O)[C@@H](CC(C)C)NC(=O)[C@H](Cc1cnc[nH]1)NC(=O)[C@H](Cc1ccccc1)NC(=O)OC(C)(C)C. The maximum absolute atomic E-state index is 13.7. The highest BCUT2D eigenvalue weighted by Crippen LogP contribution is 2.12. The number of imidazole rings is 1. The van der Waals surface area contributed by atoms with Crippen molar-refractivity contribution in [2.24, 2.45) is 11.8 Å². The fraction of sp³-hybridized carbons (Fsp3) is 0.613. The number of carbonyl (C=O) groups is 3. The second kappa shape index (κ2) is 16.9. The van der Waals surface area contributed by atoms with Gasteiger partial charge in [0.2, 0.25) is 11.8 Å². The van der Waals surface area contributed by atoms with E-state index >= 15 is 0 Å². The van der Waals surface area contributed by atoms with Crippen molar-refractivity contribution < 1.29 is 29.0 Å². The molecule has 1 heterocycles. The van der Waals surface area contributed by atoms with Crippen molar-refractivity contribution in [1.82, 2.24) is 25.9 Å². The third kappa shape index (κ3) is 13.5. The summed E-state index contributed by atoms with van der Waals surface area (Å²) < 4.78 is 11.0. The largest absolute Gasteiger partial charge is 0.444 e. The standard InChI is InChI=1S/C31H49N5O6/c1-20(2)13-24(27(37)18-41-17-21(3)4)34-29(39)26(15-23-16-32-19-33-23)35-28(38)25(14-22-11-9-8-10-12-22)36-30(40)42-31(5,6)7/h8-12,16,19-21,24-27,37H,13-15,17-18H2,1-7H3,(H,32,33)(H,34,39)(H,35,38)(H,36,40)/t24-,25+,26+,27-/m1/s1. The smallest absolute Gasteiger partial charge is 0.408 e. The molecular formula is C31H49N5O6. The van der Waals surface area contributed by atoms with Crippen LogP contribution in [0.25, 0.3) is 0 Å². The van der Waals surface area contributed by atoms with Crippen molar-refractivity contribution in [2.45, 2.75) is 97.6 Å². The summed E-state index contributed by atoms with van der Waals surface area (Å²) in [5.41, 5.74) is 0.702. The maximum Gasteiger partial charge on any atom is 0.408 e. The second-order valence-corrected chi connectivity index (χ2v) is 12.5. The summed E-state index contributed by atoms with van der Waals surface area (Å²) in [4.78, 5) is 46.9. The molecule has 0 aliphatic heterocycles.